The molecule has 0 radical (unpaired) electrons. The van der Waals surface area contributed by atoms with E-state index in [-0.39, 0.29) is 12.2 Å². The normalized spacial score (nSPS) is 21.2. The average molecular weight is 260 g/mol. The Balaban J connectivity index is 1.66. The van der Waals surface area contributed by atoms with E-state index in [1.807, 2.05) is 6.92 Å². The van der Waals surface area contributed by atoms with Crippen molar-refractivity contribution >= 4 is 0 Å². The summed E-state index contributed by atoms with van der Waals surface area (Å²) in [5.41, 5.74) is 4.25. The lowest BCUT2D eigenvalue weighted by Gasteiger charge is -2.23. The first-order chi connectivity index (χ1) is 9.28. The Morgan fingerprint density at radius 3 is 2.79 bits per heavy atom. The lowest BCUT2D eigenvalue weighted by Crippen LogP contribution is -2.32. The smallest absolute Gasteiger partial charge is 0.0865 e. The molecule has 1 aromatic rings. The first kappa shape index (κ1) is 13.1. The van der Waals surface area contributed by atoms with Crippen LogP contribution in [0.3, 0.4) is 0 Å². The van der Waals surface area contributed by atoms with Gasteiger partial charge in [0.1, 0.15) is 0 Å². The highest BCUT2D eigenvalue weighted by Gasteiger charge is 2.36. The third-order valence-electron chi connectivity index (χ3n) is 4.43. The fraction of sp³-hybridized carbons (Fsp3) is 0.647. The van der Waals surface area contributed by atoms with Crippen molar-refractivity contribution in [3.05, 3.63) is 34.9 Å². The number of aryl methyl sites for hydroxylation is 2. The molecule has 1 fully saturated rings. The van der Waals surface area contributed by atoms with Gasteiger partial charge in [-0.25, -0.2) is 0 Å². The molecule has 2 aliphatic rings. The highest BCUT2D eigenvalue weighted by molar-refractivity contribution is 5.35. The van der Waals surface area contributed by atoms with Gasteiger partial charge in [0, 0.05) is 13.0 Å². The highest BCUT2D eigenvalue weighted by atomic mass is 16.5. The van der Waals surface area contributed by atoms with E-state index in [9.17, 15) is 5.11 Å². The maximum Gasteiger partial charge on any atom is 0.0865 e. The maximum atomic E-state index is 10.4. The van der Waals surface area contributed by atoms with E-state index in [0.717, 1.165) is 6.42 Å². The van der Waals surface area contributed by atoms with Crippen LogP contribution < -0.4 is 0 Å². The first-order valence-corrected chi connectivity index (χ1v) is 7.68. The molecule has 1 saturated carbocycles. The molecule has 0 aliphatic heterocycles. The summed E-state index contributed by atoms with van der Waals surface area (Å²) in [5.74, 6) is 0.587. The summed E-state index contributed by atoms with van der Waals surface area (Å²) >= 11 is 0. The van der Waals surface area contributed by atoms with Gasteiger partial charge in [0.2, 0.25) is 0 Å². The molecular weight excluding hydrogens is 236 g/mol. The third-order valence-corrected chi connectivity index (χ3v) is 4.43. The minimum atomic E-state index is -0.355. The van der Waals surface area contributed by atoms with Gasteiger partial charge in [0.05, 0.1) is 12.2 Å². The zero-order valence-electron chi connectivity index (χ0n) is 11.8. The molecule has 1 aromatic carbocycles. The van der Waals surface area contributed by atoms with Crippen LogP contribution in [-0.4, -0.2) is 23.9 Å². The molecule has 0 aromatic heterocycles. The summed E-state index contributed by atoms with van der Waals surface area (Å²) in [4.78, 5) is 0. The Bertz CT molecular complexity index is 437. The quantitative estimate of drug-likeness (QED) is 0.852. The van der Waals surface area contributed by atoms with Gasteiger partial charge in [-0.3, -0.25) is 0 Å². The Hall–Kier alpha value is -0.860. The lowest BCUT2D eigenvalue weighted by molar-refractivity contribution is -0.0439. The Morgan fingerprint density at radius 2 is 2.05 bits per heavy atom. The van der Waals surface area contributed by atoms with Crippen molar-refractivity contribution in [1.29, 1.82) is 0 Å². The molecular formula is C17H24O2. The van der Waals surface area contributed by atoms with Gasteiger partial charge >= 0.3 is 0 Å². The van der Waals surface area contributed by atoms with Gasteiger partial charge in [0.15, 0.2) is 0 Å². The number of ether oxygens (including phenoxy) is 1. The Morgan fingerprint density at radius 1 is 1.26 bits per heavy atom. The van der Waals surface area contributed by atoms with Crippen molar-refractivity contribution in [2.45, 2.75) is 57.7 Å². The van der Waals surface area contributed by atoms with Crippen LogP contribution in [0.5, 0.6) is 0 Å². The fourth-order valence-corrected chi connectivity index (χ4v) is 3.29. The van der Waals surface area contributed by atoms with Crippen LogP contribution in [0.1, 0.15) is 42.9 Å². The van der Waals surface area contributed by atoms with Crippen LogP contribution >= 0.6 is 0 Å². The van der Waals surface area contributed by atoms with Crippen LogP contribution in [0.2, 0.25) is 0 Å². The Labute approximate surface area is 115 Å². The monoisotopic (exact) mass is 260 g/mol. The largest absolute Gasteiger partial charge is 0.390 e. The Kier molecular flexibility index (Phi) is 3.90. The zero-order valence-corrected chi connectivity index (χ0v) is 11.8. The van der Waals surface area contributed by atoms with E-state index in [1.165, 1.54) is 48.8 Å². The van der Waals surface area contributed by atoms with Crippen LogP contribution in [0, 0.1) is 5.92 Å². The van der Waals surface area contributed by atoms with Gasteiger partial charge in [-0.2, -0.15) is 0 Å². The molecule has 0 bridgehead atoms. The lowest BCUT2D eigenvalue weighted by atomic mass is 9.98. The zero-order chi connectivity index (χ0) is 13.2. The van der Waals surface area contributed by atoms with Crippen molar-refractivity contribution in [3.63, 3.8) is 0 Å². The number of rotatable bonds is 6. The third kappa shape index (κ3) is 3.01. The first-order valence-electron chi connectivity index (χ1n) is 7.68. The molecule has 2 unspecified atom stereocenters. The van der Waals surface area contributed by atoms with Crippen LogP contribution in [-0.2, 0) is 24.0 Å². The van der Waals surface area contributed by atoms with Crippen molar-refractivity contribution in [1.82, 2.24) is 0 Å². The summed E-state index contributed by atoms with van der Waals surface area (Å²) in [7, 11) is 0. The van der Waals surface area contributed by atoms with Crippen LogP contribution in [0.15, 0.2) is 18.2 Å². The number of hydrogen-bond donors (Lipinski definition) is 1. The number of hydrogen-bond acceptors (Lipinski definition) is 2. The number of benzene rings is 1. The summed E-state index contributed by atoms with van der Waals surface area (Å²) < 4.78 is 5.74. The summed E-state index contributed by atoms with van der Waals surface area (Å²) in [6, 6.07) is 6.72. The molecule has 3 rings (SSSR count). The molecule has 0 heterocycles. The predicted octanol–water partition coefficient (Wildman–Crippen LogP) is 2.89. The van der Waals surface area contributed by atoms with Crippen molar-refractivity contribution < 1.29 is 9.84 Å². The van der Waals surface area contributed by atoms with Gasteiger partial charge in [-0.15, -0.1) is 0 Å². The highest BCUT2D eigenvalue weighted by Crippen LogP contribution is 2.36. The molecule has 0 amide bonds. The molecule has 2 nitrogen and oxygen atoms in total. The summed E-state index contributed by atoms with van der Waals surface area (Å²) in [6.45, 7) is 2.71. The summed E-state index contributed by atoms with van der Waals surface area (Å²) in [5, 5.41) is 10.4. The van der Waals surface area contributed by atoms with Gasteiger partial charge in [-0.1, -0.05) is 18.2 Å². The van der Waals surface area contributed by atoms with Gasteiger partial charge in [0.25, 0.3) is 0 Å². The molecule has 0 spiro atoms. The molecule has 2 aliphatic carbocycles. The topological polar surface area (TPSA) is 29.5 Å². The summed E-state index contributed by atoms with van der Waals surface area (Å²) in [6.07, 6.45) is 6.56. The van der Waals surface area contributed by atoms with Crippen LogP contribution in [0.25, 0.3) is 0 Å². The van der Waals surface area contributed by atoms with Crippen molar-refractivity contribution in [2.75, 3.05) is 6.61 Å². The fourth-order valence-electron chi connectivity index (χ4n) is 3.29. The average Bonchev–Trinajstić information content (AvgIpc) is 3.13. The van der Waals surface area contributed by atoms with E-state index in [2.05, 4.69) is 18.2 Å². The molecule has 0 saturated heterocycles. The minimum absolute atomic E-state index is 0.0401. The SMILES string of the molecule is CCOC(C(O)Cc1ccc2c(c1)CCC2)C1CC1. The number of aliphatic hydroxyl groups excluding tert-OH is 1. The molecule has 2 atom stereocenters. The van der Waals surface area contributed by atoms with Crippen LogP contribution in [0.4, 0.5) is 0 Å². The minimum Gasteiger partial charge on any atom is -0.390 e. The molecule has 2 heteroatoms. The predicted molar refractivity (Wildman–Crippen MR) is 76.3 cm³/mol. The van der Waals surface area contributed by atoms with Gasteiger partial charge in [-0.05, 0) is 61.6 Å². The van der Waals surface area contributed by atoms with E-state index >= 15 is 0 Å². The van der Waals surface area contributed by atoms with Gasteiger partial charge < -0.3 is 9.84 Å². The van der Waals surface area contributed by atoms with E-state index in [4.69, 9.17) is 4.74 Å². The second kappa shape index (κ2) is 5.64. The van der Waals surface area contributed by atoms with E-state index < -0.39 is 0 Å². The molecule has 104 valence electrons. The second-order valence-corrected chi connectivity index (χ2v) is 5.99. The maximum absolute atomic E-state index is 10.4. The second-order valence-electron chi connectivity index (χ2n) is 5.99. The van der Waals surface area contributed by atoms with E-state index in [1.54, 1.807) is 0 Å². The number of aliphatic hydroxyl groups is 1. The van der Waals surface area contributed by atoms with Crippen molar-refractivity contribution in [3.8, 4) is 0 Å². The van der Waals surface area contributed by atoms with E-state index in [0.29, 0.717) is 12.5 Å². The molecule has 19 heavy (non-hydrogen) atoms. The molecule has 1 N–H and O–H groups in total. The standard InChI is InChI=1S/C17H24O2/c1-2-19-17(14-8-9-14)16(18)11-12-6-7-13-4-3-5-15(13)10-12/h6-7,10,14,16-18H,2-5,8-9,11H2,1H3. The van der Waals surface area contributed by atoms with Crippen molar-refractivity contribution in [2.24, 2.45) is 5.92 Å². The number of fused-ring (bicyclic) bond motifs is 1.